The van der Waals surface area contributed by atoms with Crippen LogP contribution < -0.4 is 5.32 Å². The fraction of sp³-hybridized carbons (Fsp3) is 0.276. The number of hydrogen-bond acceptors (Lipinski definition) is 8. The Labute approximate surface area is 224 Å². The van der Waals surface area contributed by atoms with Gasteiger partial charge >= 0.3 is 11.9 Å². The highest BCUT2D eigenvalue weighted by Crippen LogP contribution is 2.44. The summed E-state index contributed by atoms with van der Waals surface area (Å²) in [6, 6.07) is 17.2. The topological polar surface area (TPSA) is 115 Å². The number of rotatable bonds is 6. The van der Waals surface area contributed by atoms with Crippen molar-refractivity contribution in [2.75, 3.05) is 25.0 Å². The first-order chi connectivity index (χ1) is 19.0. The van der Waals surface area contributed by atoms with Crippen molar-refractivity contribution in [3.05, 3.63) is 94.8 Å². The van der Waals surface area contributed by atoms with Crippen LogP contribution in [-0.4, -0.2) is 57.0 Å². The van der Waals surface area contributed by atoms with Gasteiger partial charge in [-0.3, -0.25) is 4.79 Å². The number of amides is 1. The monoisotopic (exact) mass is 525 g/mol. The van der Waals surface area contributed by atoms with Crippen molar-refractivity contribution in [1.82, 2.24) is 19.5 Å². The lowest BCUT2D eigenvalue weighted by Gasteiger charge is -2.38. The van der Waals surface area contributed by atoms with Crippen LogP contribution >= 0.6 is 0 Å². The summed E-state index contributed by atoms with van der Waals surface area (Å²) in [6.45, 7) is 3.20. The normalized spacial score (nSPS) is 15.7. The van der Waals surface area contributed by atoms with Crippen LogP contribution in [0.1, 0.15) is 62.0 Å². The molecular weight excluding hydrogens is 498 g/mol. The molecule has 1 spiro atoms. The van der Waals surface area contributed by atoms with Gasteiger partial charge in [0.2, 0.25) is 0 Å². The number of ether oxygens (including phenoxy) is 2. The number of aromatic nitrogens is 3. The highest BCUT2D eigenvalue weighted by molar-refractivity contribution is 6.01. The van der Waals surface area contributed by atoms with Crippen LogP contribution in [0, 0.1) is 0 Å². The minimum absolute atomic E-state index is 0.222. The Hall–Kier alpha value is -4.73. The van der Waals surface area contributed by atoms with Gasteiger partial charge in [-0.25, -0.2) is 19.1 Å². The number of fused-ring (bicyclic) bond motifs is 3. The highest BCUT2D eigenvalue weighted by atomic mass is 16.6. The van der Waals surface area contributed by atoms with Crippen LogP contribution in [0.3, 0.4) is 0 Å². The largest absolute Gasteiger partial charge is 0.462 e. The molecule has 4 heterocycles. The lowest BCUT2D eigenvalue weighted by Crippen LogP contribution is -2.45. The molecule has 0 atom stereocenters. The Morgan fingerprint density at radius 3 is 2.56 bits per heavy atom. The maximum atomic E-state index is 13.8. The molecule has 198 valence electrons. The third kappa shape index (κ3) is 4.37. The summed E-state index contributed by atoms with van der Waals surface area (Å²) >= 11 is 0. The maximum absolute atomic E-state index is 13.8. The molecular formula is C29H27N5O5. The van der Waals surface area contributed by atoms with Gasteiger partial charge in [-0.05, 0) is 18.6 Å². The molecule has 2 aromatic heterocycles. The van der Waals surface area contributed by atoms with Crippen molar-refractivity contribution in [3.63, 3.8) is 0 Å². The Kier molecular flexibility index (Phi) is 6.22. The van der Waals surface area contributed by atoms with E-state index in [9.17, 15) is 14.4 Å². The third-order valence-corrected chi connectivity index (χ3v) is 7.31. The standard InChI is InChI=1S/C29H27N5O5/c1-2-38-27(36)21-17-31-34-18-22(24(32-25(21)34)30-16-19-8-4-3-5-9-19)26(35)33-14-12-29(13-15-33)23-11-7-6-10-20(23)28(37)39-29/h3-11,17-18H,2,12-16H2,1H3,(H,30,32). The van der Waals surface area contributed by atoms with Crippen LogP contribution in [0.5, 0.6) is 0 Å². The third-order valence-electron chi connectivity index (χ3n) is 7.31. The van der Waals surface area contributed by atoms with Gasteiger partial charge in [0.1, 0.15) is 22.5 Å². The molecule has 6 rings (SSSR count). The van der Waals surface area contributed by atoms with Crippen molar-refractivity contribution in [3.8, 4) is 0 Å². The summed E-state index contributed by atoms with van der Waals surface area (Å²) in [5, 5.41) is 7.53. The second-order valence-corrected chi connectivity index (χ2v) is 9.61. The molecule has 0 bridgehead atoms. The average Bonchev–Trinajstić information content (AvgIpc) is 3.50. The van der Waals surface area contributed by atoms with Gasteiger partial charge in [-0.15, -0.1) is 0 Å². The minimum atomic E-state index is -0.711. The Balaban J connectivity index is 1.29. The van der Waals surface area contributed by atoms with Gasteiger partial charge in [-0.2, -0.15) is 5.10 Å². The minimum Gasteiger partial charge on any atom is -0.462 e. The van der Waals surface area contributed by atoms with Crippen LogP contribution in [0.25, 0.3) is 5.65 Å². The van der Waals surface area contributed by atoms with E-state index in [4.69, 9.17) is 9.47 Å². The van der Waals surface area contributed by atoms with Crippen LogP contribution in [0.15, 0.2) is 67.0 Å². The van der Waals surface area contributed by atoms with E-state index < -0.39 is 11.6 Å². The number of nitrogens with one attached hydrogen (secondary N) is 1. The Morgan fingerprint density at radius 1 is 1.05 bits per heavy atom. The SMILES string of the molecule is CCOC(=O)c1cnn2cc(C(=O)N3CCC4(CC3)OC(=O)c3ccccc34)c(NCc3ccccc3)nc12. The van der Waals surface area contributed by atoms with Crippen molar-refractivity contribution >= 4 is 29.3 Å². The summed E-state index contributed by atoms with van der Waals surface area (Å²) in [5.74, 6) is -0.717. The number of carbonyl (C=O) groups is 3. The molecule has 2 aliphatic heterocycles. The summed E-state index contributed by atoms with van der Waals surface area (Å²) < 4.78 is 12.4. The predicted molar refractivity (Wildman–Crippen MR) is 141 cm³/mol. The van der Waals surface area contributed by atoms with Crippen molar-refractivity contribution in [2.45, 2.75) is 31.9 Å². The van der Waals surface area contributed by atoms with Crippen molar-refractivity contribution in [2.24, 2.45) is 0 Å². The van der Waals surface area contributed by atoms with Crippen LogP contribution in [-0.2, 0) is 21.6 Å². The first-order valence-corrected chi connectivity index (χ1v) is 12.9. The van der Waals surface area contributed by atoms with E-state index in [2.05, 4.69) is 15.4 Å². The first-order valence-electron chi connectivity index (χ1n) is 12.9. The first kappa shape index (κ1) is 24.6. The molecule has 39 heavy (non-hydrogen) atoms. The average molecular weight is 526 g/mol. The van der Waals surface area contributed by atoms with Gasteiger partial charge in [0.15, 0.2) is 5.65 Å². The fourth-order valence-electron chi connectivity index (χ4n) is 5.30. The van der Waals surface area contributed by atoms with Crippen molar-refractivity contribution in [1.29, 1.82) is 0 Å². The fourth-order valence-corrected chi connectivity index (χ4v) is 5.30. The molecule has 0 unspecified atom stereocenters. The Morgan fingerprint density at radius 2 is 1.79 bits per heavy atom. The zero-order valence-corrected chi connectivity index (χ0v) is 21.4. The van der Waals surface area contributed by atoms with Gasteiger partial charge in [0.05, 0.1) is 18.4 Å². The summed E-state index contributed by atoms with van der Waals surface area (Å²) in [7, 11) is 0. The molecule has 1 fully saturated rings. The van der Waals surface area contributed by atoms with E-state index in [1.54, 1.807) is 24.1 Å². The molecule has 0 aliphatic carbocycles. The molecule has 2 aliphatic rings. The van der Waals surface area contributed by atoms with Gasteiger partial charge < -0.3 is 19.7 Å². The number of esters is 2. The van der Waals surface area contributed by atoms with Crippen molar-refractivity contribution < 1.29 is 23.9 Å². The molecule has 0 radical (unpaired) electrons. The summed E-state index contributed by atoms with van der Waals surface area (Å²) in [5.41, 5.74) is 2.63. The molecule has 1 N–H and O–H groups in total. The zero-order chi connectivity index (χ0) is 27.0. The second kappa shape index (κ2) is 9.86. The molecule has 10 nitrogen and oxygen atoms in total. The predicted octanol–water partition coefficient (Wildman–Crippen LogP) is 3.82. The molecule has 4 aromatic rings. The lowest BCUT2D eigenvalue weighted by molar-refractivity contribution is -0.0389. The highest BCUT2D eigenvalue weighted by Gasteiger charge is 2.47. The van der Waals surface area contributed by atoms with Gasteiger partial charge in [-0.1, -0.05) is 48.5 Å². The second-order valence-electron chi connectivity index (χ2n) is 9.61. The number of anilines is 1. The molecule has 2 aromatic carbocycles. The number of piperidine rings is 1. The number of likely N-dealkylation sites (tertiary alicyclic amines) is 1. The zero-order valence-electron chi connectivity index (χ0n) is 21.4. The van der Waals surface area contributed by atoms with E-state index in [-0.39, 0.29) is 24.0 Å². The lowest BCUT2D eigenvalue weighted by atomic mass is 9.83. The quantitative estimate of drug-likeness (QED) is 0.378. The Bertz CT molecular complexity index is 1570. The van der Waals surface area contributed by atoms with E-state index in [0.29, 0.717) is 55.1 Å². The molecule has 10 heteroatoms. The van der Waals surface area contributed by atoms with Crippen LogP contribution in [0.4, 0.5) is 5.82 Å². The van der Waals surface area contributed by atoms with E-state index >= 15 is 0 Å². The van der Waals surface area contributed by atoms with Gasteiger partial charge in [0.25, 0.3) is 5.91 Å². The number of nitrogens with zero attached hydrogens (tertiary/aromatic N) is 4. The van der Waals surface area contributed by atoms with E-state index in [1.807, 2.05) is 48.5 Å². The molecule has 0 saturated carbocycles. The summed E-state index contributed by atoms with van der Waals surface area (Å²) in [4.78, 5) is 45.2. The maximum Gasteiger partial charge on any atom is 0.343 e. The van der Waals surface area contributed by atoms with E-state index in [0.717, 1.165) is 11.1 Å². The van der Waals surface area contributed by atoms with E-state index in [1.165, 1.54) is 10.7 Å². The molecule has 1 saturated heterocycles. The molecule has 1 amide bonds. The number of carbonyl (C=O) groups excluding carboxylic acids is 3. The number of hydrogen-bond donors (Lipinski definition) is 1. The smallest absolute Gasteiger partial charge is 0.343 e. The van der Waals surface area contributed by atoms with Gasteiger partial charge in [0, 0.05) is 44.2 Å². The summed E-state index contributed by atoms with van der Waals surface area (Å²) in [6.07, 6.45) is 3.99. The number of benzene rings is 2. The van der Waals surface area contributed by atoms with Crippen LogP contribution in [0.2, 0.25) is 0 Å².